The van der Waals surface area contributed by atoms with Gasteiger partial charge in [-0.15, -0.1) is 0 Å². The second-order valence-electron chi connectivity index (χ2n) is 3.22. The first-order valence-electron chi connectivity index (χ1n) is 4.41. The lowest BCUT2D eigenvalue weighted by Crippen LogP contribution is -2.22. The van der Waals surface area contributed by atoms with Crippen molar-refractivity contribution >= 4 is 32.9 Å². The molecule has 0 saturated carbocycles. The Hall–Kier alpha value is -1.06. The molecule has 2 aromatic rings. The van der Waals surface area contributed by atoms with E-state index in [0.717, 1.165) is 15.9 Å². The zero-order chi connectivity index (χ0) is 12.7. The Morgan fingerprint density at radius 3 is 2.65 bits per heavy atom. The van der Waals surface area contributed by atoms with Gasteiger partial charge in [-0.25, -0.2) is 13.8 Å². The van der Waals surface area contributed by atoms with Crippen LogP contribution in [0.3, 0.4) is 0 Å². The molecule has 0 spiro atoms. The van der Waals surface area contributed by atoms with E-state index in [4.69, 9.17) is 0 Å². The highest BCUT2D eigenvalue weighted by Gasteiger charge is 2.21. The van der Waals surface area contributed by atoms with E-state index in [9.17, 15) is 18.1 Å². The van der Waals surface area contributed by atoms with E-state index in [1.807, 2.05) is 0 Å². The van der Waals surface area contributed by atoms with E-state index in [2.05, 4.69) is 9.97 Å². The molecule has 1 atom stereocenters. The SMILES string of the molecule is Cn1c(C(F)F)nc2sc([S+](C)[O-])nc2c1=O. The maximum Gasteiger partial charge on any atom is 0.304 e. The summed E-state index contributed by atoms with van der Waals surface area (Å²) in [7, 11) is 1.21. The summed E-state index contributed by atoms with van der Waals surface area (Å²) in [6.07, 6.45) is -1.44. The maximum absolute atomic E-state index is 12.6. The highest BCUT2D eigenvalue weighted by Crippen LogP contribution is 2.24. The van der Waals surface area contributed by atoms with Crippen LogP contribution in [0.1, 0.15) is 12.2 Å². The second-order valence-corrected chi connectivity index (χ2v) is 5.75. The normalized spacial score (nSPS) is 13.5. The fourth-order valence-corrected chi connectivity index (χ4v) is 2.87. The topological polar surface area (TPSA) is 70.8 Å². The van der Waals surface area contributed by atoms with Crippen molar-refractivity contribution in [2.45, 2.75) is 10.8 Å². The number of nitrogens with zero attached hydrogens (tertiary/aromatic N) is 3. The first-order valence-corrected chi connectivity index (χ1v) is 6.78. The van der Waals surface area contributed by atoms with Crippen LogP contribution in [0.2, 0.25) is 0 Å². The average Bonchev–Trinajstić information content (AvgIpc) is 2.67. The Labute approximate surface area is 101 Å². The number of aromatic nitrogens is 3. The zero-order valence-corrected chi connectivity index (χ0v) is 10.4. The number of halogens is 2. The van der Waals surface area contributed by atoms with Crippen molar-refractivity contribution in [1.29, 1.82) is 0 Å². The van der Waals surface area contributed by atoms with Gasteiger partial charge in [-0.05, 0) is 11.3 Å². The van der Waals surface area contributed by atoms with Crippen molar-refractivity contribution in [2.75, 3.05) is 6.26 Å². The third kappa shape index (κ3) is 2.05. The van der Waals surface area contributed by atoms with Crippen LogP contribution < -0.4 is 5.56 Å². The van der Waals surface area contributed by atoms with E-state index in [1.165, 1.54) is 13.3 Å². The van der Waals surface area contributed by atoms with Crippen LogP contribution >= 0.6 is 11.3 Å². The maximum atomic E-state index is 12.6. The number of hydrogen-bond acceptors (Lipinski definition) is 5. The molecule has 5 nitrogen and oxygen atoms in total. The van der Waals surface area contributed by atoms with Crippen LogP contribution in [0.15, 0.2) is 9.13 Å². The molecule has 0 bridgehead atoms. The summed E-state index contributed by atoms with van der Waals surface area (Å²) in [4.78, 5) is 19.3. The molecular formula is C8H7F2N3O2S2. The molecule has 9 heteroatoms. The molecular weight excluding hydrogens is 272 g/mol. The van der Waals surface area contributed by atoms with Crippen LogP contribution in [-0.4, -0.2) is 25.3 Å². The minimum atomic E-state index is -2.84. The highest BCUT2D eigenvalue weighted by molar-refractivity contribution is 7.92. The number of alkyl halides is 2. The third-order valence-corrected chi connectivity index (χ3v) is 4.38. The number of thiazole rings is 1. The Bertz CT molecular complexity index is 623. The summed E-state index contributed by atoms with van der Waals surface area (Å²) in [5, 5.41) is 0. The predicted octanol–water partition coefficient (Wildman–Crippen LogP) is 1.07. The van der Waals surface area contributed by atoms with Crippen LogP contribution in [-0.2, 0) is 18.2 Å². The second kappa shape index (κ2) is 4.31. The summed E-state index contributed by atoms with van der Waals surface area (Å²) < 4.78 is 37.4. The lowest BCUT2D eigenvalue weighted by molar-refractivity contribution is 0.135. The molecule has 1 unspecified atom stereocenters. The summed E-state index contributed by atoms with van der Waals surface area (Å²) in [6, 6.07) is 0. The van der Waals surface area contributed by atoms with Crippen molar-refractivity contribution < 1.29 is 13.3 Å². The van der Waals surface area contributed by atoms with Crippen LogP contribution in [0, 0.1) is 0 Å². The Kier molecular flexibility index (Phi) is 3.15. The molecule has 0 saturated heterocycles. The minimum absolute atomic E-state index is 0.0212. The fraction of sp³-hybridized carbons (Fsp3) is 0.375. The molecule has 0 aliphatic carbocycles. The van der Waals surface area contributed by atoms with Crippen molar-refractivity contribution in [3.8, 4) is 0 Å². The molecule has 92 valence electrons. The van der Waals surface area contributed by atoms with Gasteiger partial charge < -0.3 is 4.55 Å². The van der Waals surface area contributed by atoms with Gasteiger partial charge >= 0.3 is 4.34 Å². The fourth-order valence-electron chi connectivity index (χ4n) is 1.27. The standard InChI is InChI=1S/C8H7F2N3O2S2/c1-13-5(4(9)10)12-6-3(7(13)14)11-8(16-6)17(2)15/h4H,1-2H3. The van der Waals surface area contributed by atoms with Gasteiger partial charge in [0.15, 0.2) is 16.2 Å². The van der Waals surface area contributed by atoms with Gasteiger partial charge in [-0.1, -0.05) is 0 Å². The monoisotopic (exact) mass is 279 g/mol. The van der Waals surface area contributed by atoms with Crippen LogP contribution in [0.5, 0.6) is 0 Å². The van der Waals surface area contributed by atoms with Gasteiger partial charge in [-0.2, -0.15) is 4.98 Å². The van der Waals surface area contributed by atoms with Crippen LogP contribution in [0.25, 0.3) is 10.3 Å². The molecule has 0 N–H and O–H groups in total. The smallest absolute Gasteiger partial charge is 0.304 e. The highest BCUT2D eigenvalue weighted by atomic mass is 32.2. The van der Waals surface area contributed by atoms with E-state index in [0.29, 0.717) is 0 Å². The molecule has 2 rings (SSSR count). The lowest BCUT2D eigenvalue weighted by atomic mass is 10.5. The van der Waals surface area contributed by atoms with Gasteiger partial charge in [-0.3, -0.25) is 9.36 Å². The first-order chi connectivity index (χ1) is 7.91. The Balaban J connectivity index is 2.78. The molecule has 0 aromatic carbocycles. The van der Waals surface area contributed by atoms with E-state index in [-0.39, 0.29) is 14.7 Å². The summed E-state index contributed by atoms with van der Waals surface area (Å²) in [6.45, 7) is 0. The number of hydrogen-bond donors (Lipinski definition) is 0. The van der Waals surface area contributed by atoms with Gasteiger partial charge in [0.25, 0.3) is 12.0 Å². The zero-order valence-electron chi connectivity index (χ0n) is 8.81. The molecule has 0 aliphatic rings. The van der Waals surface area contributed by atoms with Gasteiger partial charge in [0.2, 0.25) is 0 Å². The first kappa shape index (κ1) is 12.4. The van der Waals surface area contributed by atoms with Gasteiger partial charge in [0.1, 0.15) is 6.26 Å². The van der Waals surface area contributed by atoms with Crippen molar-refractivity contribution in [3.05, 3.63) is 16.2 Å². The van der Waals surface area contributed by atoms with E-state index < -0.39 is 29.0 Å². The molecule has 0 radical (unpaired) electrons. The summed E-state index contributed by atoms with van der Waals surface area (Å²) >= 11 is -0.471. The molecule has 2 aromatic heterocycles. The van der Waals surface area contributed by atoms with E-state index in [1.54, 1.807) is 0 Å². The Morgan fingerprint density at radius 2 is 2.12 bits per heavy atom. The van der Waals surface area contributed by atoms with Gasteiger partial charge in [0, 0.05) is 18.2 Å². The number of fused-ring (bicyclic) bond motifs is 1. The van der Waals surface area contributed by atoms with Gasteiger partial charge in [0.05, 0.1) is 0 Å². The van der Waals surface area contributed by atoms with Crippen molar-refractivity contribution in [1.82, 2.24) is 14.5 Å². The summed E-state index contributed by atoms with van der Waals surface area (Å²) in [5.74, 6) is -0.611. The van der Waals surface area contributed by atoms with Crippen molar-refractivity contribution in [2.24, 2.45) is 7.05 Å². The molecule has 0 fully saturated rings. The molecule has 17 heavy (non-hydrogen) atoms. The Morgan fingerprint density at radius 1 is 1.47 bits per heavy atom. The molecule has 2 heterocycles. The predicted molar refractivity (Wildman–Crippen MR) is 59.9 cm³/mol. The van der Waals surface area contributed by atoms with Crippen LogP contribution in [0.4, 0.5) is 8.78 Å². The van der Waals surface area contributed by atoms with Crippen molar-refractivity contribution in [3.63, 3.8) is 0 Å². The minimum Gasteiger partial charge on any atom is -0.610 e. The summed E-state index contributed by atoms with van der Waals surface area (Å²) in [5.41, 5.74) is -0.676. The molecule has 0 aliphatic heterocycles. The average molecular weight is 279 g/mol. The molecule has 0 amide bonds. The lowest BCUT2D eigenvalue weighted by Gasteiger charge is -2.04. The quantitative estimate of drug-likeness (QED) is 0.771. The third-order valence-electron chi connectivity index (χ3n) is 2.10. The number of rotatable bonds is 2. The largest absolute Gasteiger partial charge is 0.610 e. The van der Waals surface area contributed by atoms with E-state index >= 15 is 0 Å².